The molecule has 0 unspecified atom stereocenters. The lowest BCUT2D eigenvalue weighted by atomic mass is 10.2. The predicted molar refractivity (Wildman–Crippen MR) is 127 cm³/mol. The fraction of sp³-hybridized carbons (Fsp3) is 0.130. The summed E-state index contributed by atoms with van der Waals surface area (Å²) < 4.78 is 34.5. The molecule has 0 saturated carbocycles. The van der Waals surface area contributed by atoms with Gasteiger partial charge in [-0.15, -0.1) is 10.2 Å². The highest BCUT2D eigenvalue weighted by Gasteiger charge is 2.18. The van der Waals surface area contributed by atoms with E-state index in [1.165, 1.54) is 24.5 Å². The molecule has 0 aliphatic rings. The Balaban J connectivity index is 1.61. The number of aryl methyl sites for hydroxylation is 1. The normalized spacial score (nSPS) is 12.3. The second-order valence-corrected chi connectivity index (χ2v) is 9.30. The molecule has 5 aromatic rings. The molecule has 0 radical (unpaired) electrons. The first-order valence-electron chi connectivity index (χ1n) is 10.3. The SMILES string of the molecule is Cc1c(C)n(Cc2ccccc2)c2ncnc(N=Nc3c(O)[nH]c4ccc(S(=O)(=O)O)cc34)c12. The number of nitrogens with one attached hydrogen (secondary N) is 1. The van der Waals surface area contributed by atoms with Gasteiger partial charge in [-0.25, -0.2) is 9.97 Å². The average Bonchev–Trinajstić information content (AvgIpc) is 3.26. The summed E-state index contributed by atoms with van der Waals surface area (Å²) in [6.07, 6.45) is 1.41. The summed E-state index contributed by atoms with van der Waals surface area (Å²) in [6, 6.07) is 13.9. The van der Waals surface area contributed by atoms with Crippen LogP contribution in [-0.4, -0.2) is 37.6 Å². The molecule has 11 heteroatoms. The summed E-state index contributed by atoms with van der Waals surface area (Å²) in [6.45, 7) is 4.60. The van der Waals surface area contributed by atoms with Gasteiger partial charge in [-0.3, -0.25) is 4.55 Å². The van der Waals surface area contributed by atoms with Crippen LogP contribution in [-0.2, 0) is 16.7 Å². The van der Waals surface area contributed by atoms with Crippen LogP contribution >= 0.6 is 0 Å². The summed E-state index contributed by atoms with van der Waals surface area (Å²) in [5.74, 6) is 0.0307. The van der Waals surface area contributed by atoms with E-state index in [0.717, 1.165) is 22.2 Å². The molecule has 0 amide bonds. The standard InChI is InChI=1S/C23H20N6O4S/c1-13-14(2)29(11-15-6-4-3-5-7-15)22-19(13)21(24-12-25-22)28-27-20-17-10-16(34(31,32)33)8-9-18(17)26-23(20)30/h3-10,12,26,30H,11H2,1-2H3,(H,31,32,33). The number of aromatic amines is 1. The van der Waals surface area contributed by atoms with Crippen LogP contribution in [0.25, 0.3) is 21.9 Å². The van der Waals surface area contributed by atoms with Crippen molar-refractivity contribution in [2.45, 2.75) is 25.3 Å². The molecule has 3 heterocycles. The van der Waals surface area contributed by atoms with Gasteiger partial charge in [-0.05, 0) is 43.2 Å². The summed E-state index contributed by atoms with van der Waals surface area (Å²) in [7, 11) is -4.42. The maximum Gasteiger partial charge on any atom is 0.294 e. The minimum Gasteiger partial charge on any atom is -0.493 e. The molecule has 0 aliphatic carbocycles. The monoisotopic (exact) mass is 476 g/mol. The summed E-state index contributed by atoms with van der Waals surface area (Å²) in [4.78, 5) is 11.2. The molecule has 0 saturated heterocycles. The van der Waals surface area contributed by atoms with Gasteiger partial charge >= 0.3 is 0 Å². The van der Waals surface area contributed by atoms with Crippen LogP contribution < -0.4 is 0 Å². The number of hydrogen-bond acceptors (Lipinski definition) is 7. The van der Waals surface area contributed by atoms with E-state index in [2.05, 4.69) is 29.7 Å². The van der Waals surface area contributed by atoms with Gasteiger partial charge < -0.3 is 14.7 Å². The molecule has 172 valence electrons. The summed E-state index contributed by atoms with van der Waals surface area (Å²) >= 11 is 0. The quantitative estimate of drug-likeness (QED) is 0.242. The molecular weight excluding hydrogens is 456 g/mol. The Labute approximate surface area is 194 Å². The Bertz CT molecular complexity index is 1690. The van der Waals surface area contributed by atoms with E-state index in [-0.39, 0.29) is 21.8 Å². The Kier molecular flexibility index (Phi) is 5.14. The first kappa shape index (κ1) is 21.7. The summed E-state index contributed by atoms with van der Waals surface area (Å²) in [5.41, 5.74) is 4.28. The molecule has 3 N–H and O–H groups in total. The van der Waals surface area contributed by atoms with Crippen molar-refractivity contribution >= 4 is 43.6 Å². The third-order valence-corrected chi connectivity index (χ3v) is 6.68. The van der Waals surface area contributed by atoms with Gasteiger partial charge in [0.25, 0.3) is 10.1 Å². The van der Waals surface area contributed by atoms with Crippen LogP contribution in [0, 0.1) is 13.8 Å². The van der Waals surface area contributed by atoms with E-state index in [0.29, 0.717) is 23.5 Å². The minimum atomic E-state index is -4.42. The molecule has 5 rings (SSSR count). The molecule has 0 spiro atoms. The fourth-order valence-corrected chi connectivity index (χ4v) is 4.49. The molecular formula is C23H20N6O4S. The number of azo groups is 1. The maximum absolute atomic E-state index is 11.5. The van der Waals surface area contributed by atoms with E-state index >= 15 is 0 Å². The van der Waals surface area contributed by atoms with Crippen LogP contribution in [0.3, 0.4) is 0 Å². The largest absolute Gasteiger partial charge is 0.493 e. The number of aromatic nitrogens is 4. The Morgan fingerprint density at radius 1 is 1.06 bits per heavy atom. The second kappa shape index (κ2) is 8.04. The van der Waals surface area contributed by atoms with Crippen molar-refractivity contribution in [1.29, 1.82) is 0 Å². The minimum absolute atomic E-state index is 0.0327. The first-order valence-corrected chi connectivity index (χ1v) is 11.8. The molecule has 2 aromatic carbocycles. The second-order valence-electron chi connectivity index (χ2n) is 7.88. The van der Waals surface area contributed by atoms with E-state index in [1.807, 2.05) is 44.2 Å². The molecule has 0 bridgehead atoms. The highest BCUT2D eigenvalue weighted by atomic mass is 32.2. The van der Waals surface area contributed by atoms with Gasteiger partial charge in [0.15, 0.2) is 11.5 Å². The highest BCUT2D eigenvalue weighted by molar-refractivity contribution is 7.85. The summed E-state index contributed by atoms with van der Waals surface area (Å²) in [5, 5.41) is 19.8. The lowest BCUT2D eigenvalue weighted by Gasteiger charge is -2.07. The van der Waals surface area contributed by atoms with Gasteiger partial charge in [-0.2, -0.15) is 8.42 Å². The van der Waals surface area contributed by atoms with Crippen LogP contribution in [0.1, 0.15) is 16.8 Å². The van der Waals surface area contributed by atoms with Gasteiger partial charge in [0.1, 0.15) is 12.0 Å². The zero-order valence-electron chi connectivity index (χ0n) is 18.3. The molecule has 10 nitrogen and oxygen atoms in total. The first-order chi connectivity index (χ1) is 16.2. The number of hydrogen-bond donors (Lipinski definition) is 3. The van der Waals surface area contributed by atoms with E-state index in [9.17, 15) is 18.1 Å². The molecule has 0 fully saturated rings. The number of nitrogens with zero attached hydrogens (tertiary/aromatic N) is 5. The number of H-pyrrole nitrogens is 1. The average molecular weight is 477 g/mol. The van der Waals surface area contributed by atoms with Crippen LogP contribution in [0.5, 0.6) is 5.88 Å². The van der Waals surface area contributed by atoms with Crippen molar-refractivity contribution in [2.24, 2.45) is 10.2 Å². The third-order valence-electron chi connectivity index (χ3n) is 5.84. The van der Waals surface area contributed by atoms with Crippen molar-refractivity contribution in [1.82, 2.24) is 19.5 Å². The highest BCUT2D eigenvalue weighted by Crippen LogP contribution is 2.38. The van der Waals surface area contributed by atoms with Gasteiger partial charge in [0.05, 0.1) is 15.8 Å². The van der Waals surface area contributed by atoms with E-state index < -0.39 is 10.1 Å². The van der Waals surface area contributed by atoms with Gasteiger partial charge in [0, 0.05) is 17.6 Å². The zero-order chi connectivity index (χ0) is 24.0. The van der Waals surface area contributed by atoms with Crippen molar-refractivity contribution in [3.05, 3.63) is 71.7 Å². The van der Waals surface area contributed by atoms with Crippen molar-refractivity contribution in [2.75, 3.05) is 0 Å². The number of rotatable bonds is 5. The number of fused-ring (bicyclic) bond motifs is 2. The predicted octanol–water partition coefficient (Wildman–Crippen LogP) is 4.95. The van der Waals surface area contributed by atoms with E-state index in [1.54, 1.807) is 0 Å². The smallest absolute Gasteiger partial charge is 0.294 e. The van der Waals surface area contributed by atoms with E-state index in [4.69, 9.17) is 0 Å². The maximum atomic E-state index is 11.5. The lowest BCUT2D eigenvalue weighted by Crippen LogP contribution is -2.02. The molecule has 0 atom stereocenters. The fourth-order valence-electron chi connectivity index (χ4n) is 3.99. The van der Waals surface area contributed by atoms with Crippen molar-refractivity contribution in [3.63, 3.8) is 0 Å². The van der Waals surface area contributed by atoms with Gasteiger partial charge in [-0.1, -0.05) is 30.3 Å². The zero-order valence-corrected chi connectivity index (χ0v) is 19.1. The Morgan fingerprint density at radius 2 is 1.82 bits per heavy atom. The van der Waals surface area contributed by atoms with Crippen LogP contribution in [0.4, 0.5) is 11.5 Å². The topological polar surface area (TPSA) is 146 Å². The third kappa shape index (κ3) is 3.70. The van der Waals surface area contributed by atoms with Crippen molar-refractivity contribution in [3.8, 4) is 5.88 Å². The van der Waals surface area contributed by atoms with Crippen LogP contribution in [0.2, 0.25) is 0 Å². The lowest BCUT2D eigenvalue weighted by molar-refractivity contribution is 0.459. The molecule has 0 aliphatic heterocycles. The van der Waals surface area contributed by atoms with Crippen molar-refractivity contribution < 1.29 is 18.1 Å². The van der Waals surface area contributed by atoms with Crippen LogP contribution in [0.15, 0.2) is 70.0 Å². The Hall–Kier alpha value is -4.09. The molecule has 34 heavy (non-hydrogen) atoms. The Morgan fingerprint density at radius 3 is 2.56 bits per heavy atom. The molecule has 3 aromatic heterocycles. The van der Waals surface area contributed by atoms with Gasteiger partial charge in [0.2, 0.25) is 5.88 Å². The number of benzene rings is 2. The number of aromatic hydroxyl groups is 1.